The molecule has 16 heavy (non-hydrogen) atoms. The first kappa shape index (κ1) is 12.6. The number of carboxylic acids is 1. The number of nitrogen functional groups attached to an aromatic ring is 1. The number of pyridine rings is 1. The highest BCUT2D eigenvalue weighted by molar-refractivity contribution is 6.17. The zero-order chi connectivity index (χ0) is 12.3. The molecule has 0 aliphatic rings. The van der Waals surface area contributed by atoms with Crippen LogP contribution in [0.5, 0.6) is 0 Å². The fourth-order valence-corrected chi connectivity index (χ4v) is 1.44. The molecular weight excluding hydrogens is 242 g/mol. The lowest BCUT2D eigenvalue weighted by molar-refractivity contribution is -0.136. The third kappa shape index (κ3) is 2.79. The standard InChI is InChI=1S/C9H9ClF2N2O2/c10-3-4-1-5(13)8(9(11)12)14-6(4)2-7(15)16/h1,9H,2-3,13H2,(H,15,16). The van der Waals surface area contributed by atoms with Crippen LogP contribution in [-0.2, 0) is 17.1 Å². The smallest absolute Gasteiger partial charge is 0.309 e. The topological polar surface area (TPSA) is 76.2 Å². The fraction of sp³-hybridized carbons (Fsp3) is 0.333. The Labute approximate surface area is 95.0 Å². The minimum Gasteiger partial charge on any atom is -0.481 e. The predicted molar refractivity (Wildman–Crippen MR) is 54.5 cm³/mol. The molecule has 1 aromatic heterocycles. The van der Waals surface area contributed by atoms with Crippen molar-refractivity contribution in [3.63, 3.8) is 0 Å². The van der Waals surface area contributed by atoms with Crippen LogP contribution in [0, 0.1) is 0 Å². The minimum absolute atomic E-state index is 0.0204. The van der Waals surface area contributed by atoms with Crippen LogP contribution in [0.2, 0.25) is 0 Å². The summed E-state index contributed by atoms with van der Waals surface area (Å²) in [4.78, 5) is 14.0. The van der Waals surface area contributed by atoms with Crippen molar-refractivity contribution >= 4 is 23.3 Å². The van der Waals surface area contributed by atoms with Gasteiger partial charge in [-0.15, -0.1) is 11.6 Å². The van der Waals surface area contributed by atoms with Crippen molar-refractivity contribution in [2.45, 2.75) is 18.7 Å². The van der Waals surface area contributed by atoms with Crippen molar-refractivity contribution in [3.8, 4) is 0 Å². The molecule has 3 N–H and O–H groups in total. The molecule has 0 aromatic carbocycles. The summed E-state index contributed by atoms with van der Waals surface area (Å²) in [5.74, 6) is -1.19. The highest BCUT2D eigenvalue weighted by atomic mass is 35.5. The van der Waals surface area contributed by atoms with E-state index in [2.05, 4.69) is 4.98 Å². The Bertz CT molecular complexity index is 413. The van der Waals surface area contributed by atoms with Crippen LogP contribution in [0.3, 0.4) is 0 Å². The molecule has 88 valence electrons. The van der Waals surface area contributed by atoms with Gasteiger partial charge < -0.3 is 10.8 Å². The number of hydrogen-bond donors (Lipinski definition) is 2. The average Bonchev–Trinajstić information content (AvgIpc) is 2.18. The van der Waals surface area contributed by atoms with Crippen LogP contribution >= 0.6 is 11.6 Å². The van der Waals surface area contributed by atoms with Gasteiger partial charge in [-0.25, -0.2) is 13.8 Å². The molecule has 0 bridgehead atoms. The van der Waals surface area contributed by atoms with Gasteiger partial charge in [0.1, 0.15) is 5.69 Å². The van der Waals surface area contributed by atoms with Gasteiger partial charge in [0.25, 0.3) is 6.43 Å². The molecule has 0 fully saturated rings. The van der Waals surface area contributed by atoms with Gasteiger partial charge in [0.05, 0.1) is 17.8 Å². The first-order valence-electron chi connectivity index (χ1n) is 4.29. The molecule has 0 saturated carbocycles. The number of hydrogen-bond acceptors (Lipinski definition) is 3. The molecule has 0 atom stereocenters. The monoisotopic (exact) mass is 250 g/mol. The number of aromatic nitrogens is 1. The predicted octanol–water partition coefficient (Wildman–Crippen LogP) is 1.97. The lowest BCUT2D eigenvalue weighted by Gasteiger charge is -2.09. The van der Waals surface area contributed by atoms with E-state index in [4.69, 9.17) is 22.4 Å². The summed E-state index contributed by atoms with van der Waals surface area (Å²) in [6.07, 6.45) is -3.29. The minimum atomic E-state index is -2.84. The molecule has 0 amide bonds. The zero-order valence-corrected chi connectivity index (χ0v) is 8.84. The number of halogens is 3. The van der Waals surface area contributed by atoms with Crippen molar-refractivity contribution in [2.24, 2.45) is 0 Å². The molecule has 0 spiro atoms. The summed E-state index contributed by atoms with van der Waals surface area (Å²) < 4.78 is 24.9. The van der Waals surface area contributed by atoms with Crippen molar-refractivity contribution in [2.75, 3.05) is 5.73 Å². The third-order valence-corrected chi connectivity index (χ3v) is 2.21. The highest BCUT2D eigenvalue weighted by Crippen LogP contribution is 2.26. The summed E-state index contributed by atoms with van der Waals surface area (Å²) >= 11 is 5.54. The Morgan fingerprint density at radius 1 is 1.62 bits per heavy atom. The number of rotatable bonds is 4. The Balaban J connectivity index is 3.22. The first-order valence-corrected chi connectivity index (χ1v) is 4.83. The molecule has 0 radical (unpaired) electrons. The van der Waals surface area contributed by atoms with Gasteiger partial charge in [-0.2, -0.15) is 0 Å². The SMILES string of the molecule is Nc1cc(CCl)c(CC(=O)O)nc1C(F)F. The second kappa shape index (κ2) is 5.07. The van der Waals surface area contributed by atoms with Gasteiger partial charge in [-0.3, -0.25) is 4.79 Å². The van der Waals surface area contributed by atoms with E-state index in [1.165, 1.54) is 6.07 Å². The van der Waals surface area contributed by atoms with Crippen molar-refractivity contribution < 1.29 is 18.7 Å². The Morgan fingerprint density at radius 2 is 2.25 bits per heavy atom. The van der Waals surface area contributed by atoms with Gasteiger partial charge in [0.15, 0.2) is 0 Å². The highest BCUT2D eigenvalue weighted by Gasteiger charge is 2.18. The molecule has 0 aliphatic carbocycles. The quantitative estimate of drug-likeness (QED) is 0.801. The summed E-state index contributed by atoms with van der Waals surface area (Å²) in [5.41, 5.74) is 4.93. The van der Waals surface area contributed by atoms with E-state index < -0.39 is 24.5 Å². The second-order valence-corrected chi connectivity index (χ2v) is 3.34. The van der Waals surface area contributed by atoms with Crippen molar-refractivity contribution in [3.05, 3.63) is 23.0 Å². The lowest BCUT2D eigenvalue weighted by Crippen LogP contribution is -2.10. The summed E-state index contributed by atoms with van der Waals surface area (Å²) in [6.45, 7) is 0. The van der Waals surface area contributed by atoms with Crippen LogP contribution in [0.1, 0.15) is 23.4 Å². The molecule has 1 rings (SSSR count). The number of anilines is 1. The average molecular weight is 251 g/mol. The molecule has 0 unspecified atom stereocenters. The number of nitrogens with zero attached hydrogens (tertiary/aromatic N) is 1. The zero-order valence-electron chi connectivity index (χ0n) is 8.08. The maximum Gasteiger partial charge on any atom is 0.309 e. The van der Waals surface area contributed by atoms with Gasteiger partial charge in [-0.1, -0.05) is 0 Å². The van der Waals surface area contributed by atoms with E-state index in [-0.39, 0.29) is 17.3 Å². The summed E-state index contributed by atoms with van der Waals surface area (Å²) in [6, 6.07) is 1.24. The van der Waals surface area contributed by atoms with E-state index in [9.17, 15) is 13.6 Å². The summed E-state index contributed by atoms with van der Waals surface area (Å²) in [5, 5.41) is 8.58. The molecule has 1 heterocycles. The number of carboxylic acid groups (broad SMARTS) is 1. The molecule has 7 heteroatoms. The van der Waals surface area contributed by atoms with Crippen molar-refractivity contribution in [1.29, 1.82) is 0 Å². The van der Waals surface area contributed by atoms with E-state index >= 15 is 0 Å². The maximum atomic E-state index is 12.5. The van der Waals surface area contributed by atoms with E-state index in [0.717, 1.165) is 0 Å². The second-order valence-electron chi connectivity index (χ2n) is 3.07. The molecule has 1 aromatic rings. The van der Waals surface area contributed by atoms with Gasteiger partial charge in [0.2, 0.25) is 0 Å². The maximum absolute atomic E-state index is 12.5. The Hall–Kier alpha value is -1.43. The summed E-state index contributed by atoms with van der Waals surface area (Å²) in [7, 11) is 0. The fourth-order valence-electron chi connectivity index (χ4n) is 1.21. The van der Waals surface area contributed by atoms with Gasteiger partial charge in [0, 0.05) is 5.88 Å². The number of nitrogens with two attached hydrogens (primary N) is 1. The first-order chi connectivity index (χ1) is 7.45. The number of alkyl halides is 3. The Kier molecular flexibility index (Phi) is 4.00. The number of aliphatic carboxylic acids is 1. The lowest BCUT2D eigenvalue weighted by atomic mass is 10.1. The van der Waals surface area contributed by atoms with Crippen LogP contribution < -0.4 is 5.73 Å². The van der Waals surface area contributed by atoms with E-state index in [0.29, 0.717) is 5.56 Å². The van der Waals surface area contributed by atoms with E-state index in [1.807, 2.05) is 0 Å². The third-order valence-electron chi connectivity index (χ3n) is 1.92. The number of carbonyl (C=O) groups is 1. The largest absolute Gasteiger partial charge is 0.481 e. The van der Waals surface area contributed by atoms with Crippen molar-refractivity contribution in [1.82, 2.24) is 4.98 Å². The Morgan fingerprint density at radius 3 is 2.69 bits per heavy atom. The molecule has 0 saturated heterocycles. The normalized spacial score (nSPS) is 10.8. The van der Waals surface area contributed by atoms with E-state index in [1.54, 1.807) is 0 Å². The van der Waals surface area contributed by atoms with Crippen LogP contribution in [0.4, 0.5) is 14.5 Å². The van der Waals surface area contributed by atoms with Crippen LogP contribution in [-0.4, -0.2) is 16.1 Å². The van der Waals surface area contributed by atoms with Gasteiger partial charge in [-0.05, 0) is 11.6 Å². The van der Waals surface area contributed by atoms with Crippen LogP contribution in [0.25, 0.3) is 0 Å². The molecular formula is C9H9ClF2N2O2. The van der Waals surface area contributed by atoms with Gasteiger partial charge >= 0.3 is 5.97 Å². The molecule has 4 nitrogen and oxygen atoms in total. The van der Waals surface area contributed by atoms with Crippen LogP contribution in [0.15, 0.2) is 6.07 Å². The molecule has 0 aliphatic heterocycles.